The Kier molecular flexibility index (Phi) is 7.75. The number of hydrogen-bond acceptors (Lipinski definition) is 6. The number of rotatable bonds is 8. The van der Waals surface area contributed by atoms with E-state index in [0.717, 1.165) is 0 Å². The van der Waals surface area contributed by atoms with Gasteiger partial charge in [-0.25, -0.2) is 0 Å². The minimum Gasteiger partial charge on any atom is -0.483 e. The van der Waals surface area contributed by atoms with E-state index in [1.807, 2.05) is 0 Å². The predicted molar refractivity (Wildman–Crippen MR) is 83.1 cm³/mol. The van der Waals surface area contributed by atoms with Gasteiger partial charge in [-0.3, -0.25) is 19.2 Å². The Morgan fingerprint density at radius 1 is 1.17 bits per heavy atom. The maximum Gasteiger partial charge on any atom is 0.325 e. The van der Waals surface area contributed by atoms with Crippen LogP contribution in [0.4, 0.5) is 0 Å². The second kappa shape index (κ2) is 9.57. The molecule has 0 aliphatic heterocycles. The number of ether oxygens (including phenoxy) is 2. The second-order valence-electron chi connectivity index (χ2n) is 4.22. The molecular formula is C14H15BrN2O6. The van der Waals surface area contributed by atoms with Gasteiger partial charge in [0.1, 0.15) is 12.3 Å². The molecule has 0 heterocycles. The molecule has 9 heteroatoms. The van der Waals surface area contributed by atoms with Crippen LogP contribution in [-0.2, 0) is 19.1 Å². The molecule has 0 spiro atoms. The standard InChI is InChI=1S/C14H15BrN2O6/c1-22-14(21)6-17-12(19)5-16-13(20)8-23-11-3-2-10(15)4-9(11)7-18/h2-4,7H,5-6,8H2,1H3,(H,16,20)(H,17,19). The van der Waals surface area contributed by atoms with Crippen LogP contribution in [0.3, 0.4) is 0 Å². The molecule has 0 saturated carbocycles. The van der Waals surface area contributed by atoms with Gasteiger partial charge < -0.3 is 20.1 Å². The first kappa shape index (κ1) is 18.6. The van der Waals surface area contributed by atoms with Gasteiger partial charge in [-0.1, -0.05) is 15.9 Å². The molecule has 0 saturated heterocycles. The number of carbonyl (C=O) groups excluding carboxylic acids is 4. The zero-order chi connectivity index (χ0) is 17.2. The first-order valence-corrected chi connectivity index (χ1v) is 7.23. The van der Waals surface area contributed by atoms with Gasteiger partial charge in [0.15, 0.2) is 12.9 Å². The van der Waals surface area contributed by atoms with Crippen molar-refractivity contribution in [2.45, 2.75) is 0 Å². The number of hydrogen-bond donors (Lipinski definition) is 2. The largest absolute Gasteiger partial charge is 0.483 e. The van der Waals surface area contributed by atoms with Crippen LogP contribution in [0.2, 0.25) is 0 Å². The third-order valence-electron chi connectivity index (χ3n) is 2.56. The molecule has 1 rings (SSSR count). The summed E-state index contributed by atoms with van der Waals surface area (Å²) in [4.78, 5) is 44.7. The lowest BCUT2D eigenvalue weighted by Crippen LogP contribution is -2.40. The Hall–Kier alpha value is -2.42. The summed E-state index contributed by atoms with van der Waals surface area (Å²) in [7, 11) is 1.20. The number of halogens is 1. The van der Waals surface area contributed by atoms with E-state index in [2.05, 4.69) is 31.3 Å². The number of amides is 2. The van der Waals surface area contributed by atoms with E-state index in [1.54, 1.807) is 18.2 Å². The molecule has 2 amide bonds. The van der Waals surface area contributed by atoms with Crippen LogP contribution >= 0.6 is 15.9 Å². The fourth-order valence-corrected chi connectivity index (χ4v) is 1.80. The Labute approximate surface area is 140 Å². The highest BCUT2D eigenvalue weighted by molar-refractivity contribution is 9.10. The molecular weight excluding hydrogens is 372 g/mol. The van der Waals surface area contributed by atoms with Crippen molar-refractivity contribution in [1.29, 1.82) is 0 Å². The van der Waals surface area contributed by atoms with Gasteiger partial charge in [0.25, 0.3) is 5.91 Å². The molecule has 0 bridgehead atoms. The Morgan fingerprint density at radius 2 is 1.87 bits per heavy atom. The maximum absolute atomic E-state index is 11.6. The Balaban J connectivity index is 2.36. The summed E-state index contributed by atoms with van der Waals surface area (Å²) in [6, 6.07) is 4.77. The van der Waals surface area contributed by atoms with Crippen LogP contribution in [-0.4, -0.2) is 50.9 Å². The second-order valence-corrected chi connectivity index (χ2v) is 5.13. The summed E-state index contributed by atoms with van der Waals surface area (Å²) in [6.07, 6.45) is 0.609. The SMILES string of the molecule is COC(=O)CNC(=O)CNC(=O)COc1ccc(Br)cc1C=O. The zero-order valence-electron chi connectivity index (χ0n) is 12.3. The number of methoxy groups -OCH3 is 1. The van der Waals surface area contributed by atoms with Crippen LogP contribution in [0.5, 0.6) is 5.75 Å². The topological polar surface area (TPSA) is 111 Å². The highest BCUT2D eigenvalue weighted by Crippen LogP contribution is 2.21. The lowest BCUT2D eigenvalue weighted by Gasteiger charge is -2.09. The molecule has 0 aromatic heterocycles. The van der Waals surface area contributed by atoms with Crippen molar-refractivity contribution in [3.05, 3.63) is 28.2 Å². The average Bonchev–Trinajstić information content (AvgIpc) is 2.56. The molecule has 0 fully saturated rings. The maximum atomic E-state index is 11.6. The summed E-state index contributed by atoms with van der Waals surface area (Å²) in [6.45, 7) is -0.934. The molecule has 1 aromatic carbocycles. The number of esters is 1. The Morgan fingerprint density at radius 3 is 2.52 bits per heavy atom. The van der Waals surface area contributed by atoms with Crippen molar-refractivity contribution in [3.8, 4) is 5.75 Å². The zero-order valence-corrected chi connectivity index (χ0v) is 13.8. The van der Waals surface area contributed by atoms with Crippen LogP contribution in [0.25, 0.3) is 0 Å². The number of aldehydes is 1. The number of benzene rings is 1. The van der Waals surface area contributed by atoms with Crippen LogP contribution in [0, 0.1) is 0 Å². The van der Waals surface area contributed by atoms with Crippen LogP contribution in [0.1, 0.15) is 10.4 Å². The molecule has 0 atom stereocenters. The van der Waals surface area contributed by atoms with Crippen LogP contribution in [0.15, 0.2) is 22.7 Å². The molecule has 0 aliphatic rings. The molecule has 0 aliphatic carbocycles. The smallest absolute Gasteiger partial charge is 0.325 e. The minimum absolute atomic E-state index is 0.258. The summed E-state index contributed by atoms with van der Waals surface area (Å²) >= 11 is 3.22. The Bertz CT molecular complexity index is 605. The molecule has 0 unspecified atom stereocenters. The van der Waals surface area contributed by atoms with Crippen molar-refractivity contribution in [2.24, 2.45) is 0 Å². The lowest BCUT2D eigenvalue weighted by atomic mass is 10.2. The van der Waals surface area contributed by atoms with Crippen molar-refractivity contribution in [2.75, 3.05) is 26.8 Å². The summed E-state index contributed by atoms with van der Waals surface area (Å²) in [5, 5.41) is 4.58. The van der Waals surface area contributed by atoms with E-state index in [9.17, 15) is 19.2 Å². The van der Waals surface area contributed by atoms with E-state index in [4.69, 9.17) is 4.74 Å². The van der Waals surface area contributed by atoms with E-state index >= 15 is 0 Å². The molecule has 0 radical (unpaired) electrons. The first-order chi connectivity index (χ1) is 11.0. The third kappa shape index (κ3) is 6.92. The van der Waals surface area contributed by atoms with Gasteiger partial charge in [-0.05, 0) is 18.2 Å². The van der Waals surface area contributed by atoms with E-state index in [0.29, 0.717) is 16.3 Å². The molecule has 124 valence electrons. The van der Waals surface area contributed by atoms with Crippen molar-refractivity contribution >= 4 is 40.0 Å². The summed E-state index contributed by atoms with van der Waals surface area (Å²) < 4.78 is 10.3. The third-order valence-corrected chi connectivity index (χ3v) is 3.05. The van der Waals surface area contributed by atoms with Crippen molar-refractivity contribution in [1.82, 2.24) is 10.6 Å². The minimum atomic E-state index is -0.593. The average molecular weight is 387 g/mol. The first-order valence-electron chi connectivity index (χ1n) is 6.44. The van der Waals surface area contributed by atoms with Gasteiger partial charge >= 0.3 is 5.97 Å². The monoisotopic (exact) mass is 386 g/mol. The van der Waals surface area contributed by atoms with Gasteiger partial charge in [0.2, 0.25) is 5.91 Å². The highest BCUT2D eigenvalue weighted by Gasteiger charge is 2.10. The molecule has 1 aromatic rings. The van der Waals surface area contributed by atoms with Gasteiger partial charge in [-0.15, -0.1) is 0 Å². The van der Waals surface area contributed by atoms with Gasteiger partial charge in [-0.2, -0.15) is 0 Å². The summed E-state index contributed by atoms with van der Waals surface area (Å²) in [5.41, 5.74) is 0.294. The fraction of sp³-hybridized carbons (Fsp3) is 0.286. The number of nitrogens with one attached hydrogen (secondary N) is 2. The number of carbonyl (C=O) groups is 4. The van der Waals surface area contributed by atoms with Crippen molar-refractivity contribution in [3.63, 3.8) is 0 Å². The van der Waals surface area contributed by atoms with E-state index in [1.165, 1.54) is 7.11 Å². The molecule has 8 nitrogen and oxygen atoms in total. The van der Waals surface area contributed by atoms with Crippen molar-refractivity contribution < 1.29 is 28.7 Å². The van der Waals surface area contributed by atoms with Crippen LogP contribution < -0.4 is 15.4 Å². The molecule has 23 heavy (non-hydrogen) atoms. The van der Waals surface area contributed by atoms with Gasteiger partial charge in [0.05, 0.1) is 19.2 Å². The van der Waals surface area contributed by atoms with E-state index in [-0.39, 0.29) is 25.4 Å². The fourth-order valence-electron chi connectivity index (χ4n) is 1.42. The normalized spacial score (nSPS) is 9.65. The van der Waals surface area contributed by atoms with Gasteiger partial charge in [0, 0.05) is 4.47 Å². The van der Waals surface area contributed by atoms with E-state index < -0.39 is 17.8 Å². The quantitative estimate of drug-likeness (QED) is 0.482. The molecule has 2 N–H and O–H groups in total. The summed E-state index contributed by atoms with van der Waals surface area (Å²) in [5.74, 6) is -1.42. The predicted octanol–water partition coefficient (Wildman–Crippen LogP) is 0.0458. The highest BCUT2D eigenvalue weighted by atomic mass is 79.9. The lowest BCUT2D eigenvalue weighted by molar-refractivity contribution is -0.141.